The minimum atomic E-state index is -0.493. The second-order valence-corrected chi connectivity index (χ2v) is 15.1. The molecule has 1 N–H and O–H groups in total. The number of allylic oxidation sites excluding steroid dienone is 2. The molecule has 2 rings (SSSR count). The first-order valence-electron chi connectivity index (χ1n) is 12.9. The first kappa shape index (κ1) is 31.4. The molecule has 0 radical (unpaired) electrons. The highest BCUT2D eigenvalue weighted by molar-refractivity contribution is 9.10. The van der Waals surface area contributed by atoms with Crippen LogP contribution in [0.3, 0.4) is 0 Å². The second kappa shape index (κ2) is 13.6. The Labute approximate surface area is 226 Å². The van der Waals surface area contributed by atoms with E-state index >= 15 is 0 Å². The van der Waals surface area contributed by atoms with Crippen LogP contribution >= 0.6 is 31.9 Å². The molecule has 0 aromatic rings. The van der Waals surface area contributed by atoms with E-state index < -0.39 is 8.65 Å². The zero-order valence-electron chi connectivity index (χ0n) is 22.5. The molecule has 2 aliphatic rings. The van der Waals surface area contributed by atoms with E-state index in [4.69, 9.17) is 0 Å². The molecule has 2 aliphatic carbocycles. The minimum absolute atomic E-state index is 0.0439. The quantitative estimate of drug-likeness (QED) is 0.225. The van der Waals surface area contributed by atoms with Crippen molar-refractivity contribution in [3.63, 3.8) is 0 Å². The molecule has 2 amide bonds. The Morgan fingerprint density at radius 1 is 0.941 bits per heavy atom. The monoisotopic (exact) mass is 602 g/mol. The van der Waals surface area contributed by atoms with E-state index in [0.717, 1.165) is 25.3 Å². The average molecular weight is 605 g/mol. The molecule has 6 atom stereocenters. The molecule has 34 heavy (non-hydrogen) atoms. The third-order valence-electron chi connectivity index (χ3n) is 7.67. The van der Waals surface area contributed by atoms with Crippen LogP contribution in [-0.2, 0) is 9.59 Å². The fourth-order valence-electron chi connectivity index (χ4n) is 5.38. The van der Waals surface area contributed by atoms with Crippen molar-refractivity contribution in [1.29, 1.82) is 0 Å². The third-order valence-corrected chi connectivity index (χ3v) is 8.37. The lowest BCUT2D eigenvalue weighted by Gasteiger charge is -2.33. The maximum absolute atomic E-state index is 12.3. The Kier molecular flexibility index (Phi) is 12.6. The fourth-order valence-corrected chi connectivity index (χ4v) is 5.80. The normalized spacial score (nSPS) is 29.1. The summed E-state index contributed by atoms with van der Waals surface area (Å²) >= 11 is 6.84. The van der Waals surface area contributed by atoms with Gasteiger partial charge in [0.1, 0.15) is 0 Å². The lowest BCUT2D eigenvalue weighted by Crippen LogP contribution is -2.46. The van der Waals surface area contributed by atoms with Crippen LogP contribution in [0.2, 0.25) is 0 Å². The summed E-state index contributed by atoms with van der Waals surface area (Å²) in [7, 11) is 1.97. The van der Waals surface area contributed by atoms with Gasteiger partial charge in [-0.25, -0.2) is 0 Å². The third kappa shape index (κ3) is 9.11. The first-order chi connectivity index (χ1) is 15.7. The van der Waals surface area contributed by atoms with Crippen LogP contribution in [-0.4, -0.2) is 45.0 Å². The highest BCUT2D eigenvalue weighted by Crippen LogP contribution is 2.39. The molecular weight excluding hydrogens is 556 g/mol. The van der Waals surface area contributed by atoms with E-state index in [1.54, 1.807) is 0 Å². The maximum Gasteiger partial charge on any atom is 0.238 e. The summed E-state index contributed by atoms with van der Waals surface area (Å²) in [5.41, 5.74) is 0. The Bertz CT molecular complexity index is 696. The van der Waals surface area contributed by atoms with E-state index in [9.17, 15) is 9.59 Å². The largest absolute Gasteiger partial charge is 0.355 e. The van der Waals surface area contributed by atoms with Gasteiger partial charge in [-0.15, -0.1) is 13.2 Å². The Morgan fingerprint density at radius 2 is 1.56 bits per heavy atom. The molecule has 6 unspecified atom stereocenters. The second-order valence-electron chi connectivity index (χ2n) is 11.2. The summed E-state index contributed by atoms with van der Waals surface area (Å²) in [4.78, 5) is 26.0. The molecule has 2 saturated carbocycles. The van der Waals surface area contributed by atoms with Crippen molar-refractivity contribution >= 4 is 43.7 Å². The Hall–Kier alpha value is -0.620. The van der Waals surface area contributed by atoms with Crippen molar-refractivity contribution in [2.45, 2.75) is 94.8 Å². The molecule has 2 fully saturated rings. The van der Waals surface area contributed by atoms with Gasteiger partial charge >= 0.3 is 0 Å². The maximum atomic E-state index is 12.3. The van der Waals surface area contributed by atoms with Crippen molar-refractivity contribution in [2.24, 2.45) is 29.6 Å². The van der Waals surface area contributed by atoms with Gasteiger partial charge < -0.3 is 10.2 Å². The number of carbonyl (C=O) groups excluding carboxylic acids is 2. The van der Waals surface area contributed by atoms with Gasteiger partial charge in [-0.2, -0.15) is 0 Å². The number of rotatable bonds is 9. The summed E-state index contributed by atoms with van der Waals surface area (Å²) in [6.07, 6.45) is 11.1. The van der Waals surface area contributed by atoms with Crippen LogP contribution in [0, 0.1) is 29.6 Å². The van der Waals surface area contributed by atoms with Crippen molar-refractivity contribution < 1.29 is 9.59 Å². The molecule has 0 bridgehead atoms. The van der Waals surface area contributed by atoms with E-state index in [2.05, 4.69) is 64.2 Å². The standard InChI is InChI=1S/C14H26BrNO.C14H22BrNO/c1-6-10-8-11(7-2)12(9-10)16(5)13(17)14(3,4)15;1-5-10-7-11(6-2)12(8-10)9-16-13(17)14(3,4)15/h10-12H,6-9H2,1-5H3;5-6,10-12H,1-2,7-9H2,3-4H3,(H,16,17). The van der Waals surface area contributed by atoms with Gasteiger partial charge in [0.25, 0.3) is 0 Å². The first-order valence-corrected chi connectivity index (χ1v) is 14.5. The number of nitrogens with one attached hydrogen (secondary N) is 1. The Balaban J connectivity index is 0.000000340. The molecule has 6 heteroatoms. The van der Waals surface area contributed by atoms with Gasteiger partial charge in [-0.3, -0.25) is 9.59 Å². The predicted molar refractivity (Wildman–Crippen MR) is 152 cm³/mol. The van der Waals surface area contributed by atoms with Crippen molar-refractivity contribution in [2.75, 3.05) is 13.6 Å². The van der Waals surface area contributed by atoms with Gasteiger partial charge in [-0.1, -0.05) is 70.7 Å². The van der Waals surface area contributed by atoms with Crippen LogP contribution < -0.4 is 5.32 Å². The smallest absolute Gasteiger partial charge is 0.238 e. The van der Waals surface area contributed by atoms with Crippen molar-refractivity contribution in [3.8, 4) is 0 Å². The minimum Gasteiger partial charge on any atom is -0.355 e. The van der Waals surface area contributed by atoms with Gasteiger partial charge in [0.15, 0.2) is 0 Å². The molecule has 0 heterocycles. The number of hydrogen-bond donors (Lipinski definition) is 1. The van der Waals surface area contributed by atoms with Crippen molar-refractivity contribution in [1.82, 2.24) is 10.2 Å². The summed E-state index contributed by atoms with van der Waals surface area (Å²) in [5.74, 6) is 3.30. The number of nitrogens with zero attached hydrogens (tertiary/aromatic N) is 1. The van der Waals surface area contributed by atoms with E-state index in [1.165, 1.54) is 25.7 Å². The van der Waals surface area contributed by atoms with Gasteiger partial charge in [-0.05, 0) is 83.0 Å². The molecule has 0 aromatic carbocycles. The van der Waals surface area contributed by atoms with Gasteiger partial charge in [0.2, 0.25) is 11.8 Å². The van der Waals surface area contributed by atoms with E-state index in [1.807, 2.05) is 51.8 Å². The Morgan fingerprint density at radius 3 is 2.00 bits per heavy atom. The number of amides is 2. The number of carbonyl (C=O) groups is 2. The van der Waals surface area contributed by atoms with E-state index in [-0.39, 0.29) is 11.8 Å². The van der Waals surface area contributed by atoms with Crippen LogP contribution in [0.5, 0.6) is 0 Å². The zero-order chi connectivity index (χ0) is 26.3. The van der Waals surface area contributed by atoms with Crippen LogP contribution in [0.15, 0.2) is 25.3 Å². The highest BCUT2D eigenvalue weighted by Gasteiger charge is 2.39. The van der Waals surface area contributed by atoms with Crippen molar-refractivity contribution in [3.05, 3.63) is 25.3 Å². The molecule has 0 spiro atoms. The summed E-state index contributed by atoms with van der Waals surface area (Å²) < 4.78 is -0.933. The van der Waals surface area contributed by atoms with Crippen LogP contribution in [0.25, 0.3) is 0 Å². The molecule has 0 aliphatic heterocycles. The lowest BCUT2D eigenvalue weighted by molar-refractivity contribution is -0.134. The molecule has 196 valence electrons. The molecule has 0 aromatic heterocycles. The summed E-state index contributed by atoms with van der Waals surface area (Å²) in [5, 5.41) is 3.01. The lowest BCUT2D eigenvalue weighted by atomic mass is 9.96. The highest BCUT2D eigenvalue weighted by atomic mass is 79.9. The predicted octanol–water partition coefficient (Wildman–Crippen LogP) is 7.12. The fraction of sp³-hybridized carbons (Fsp3) is 0.786. The SMILES string of the molecule is C=CC1CC(C=C)C(CNC(=O)C(C)(C)Br)C1.CCC1CC(CC)C(N(C)C(=O)C(C)(C)Br)C1. The number of alkyl halides is 2. The summed E-state index contributed by atoms with van der Waals surface area (Å²) in [6, 6.07) is 0.439. The number of hydrogen-bond acceptors (Lipinski definition) is 2. The van der Waals surface area contributed by atoms with Crippen LogP contribution in [0.4, 0.5) is 0 Å². The summed E-state index contributed by atoms with van der Waals surface area (Å²) in [6.45, 7) is 20.5. The molecule has 0 saturated heterocycles. The van der Waals surface area contributed by atoms with Gasteiger partial charge in [0, 0.05) is 19.6 Å². The topological polar surface area (TPSA) is 49.4 Å². The average Bonchev–Trinajstić information content (AvgIpc) is 3.38. The number of halogens is 2. The van der Waals surface area contributed by atoms with Crippen LogP contribution in [0.1, 0.15) is 80.1 Å². The van der Waals surface area contributed by atoms with Gasteiger partial charge in [0.05, 0.1) is 8.65 Å². The zero-order valence-corrected chi connectivity index (χ0v) is 25.7. The molecule has 4 nitrogen and oxygen atoms in total. The molecular formula is C28H48Br2N2O2. The van der Waals surface area contributed by atoms with E-state index in [0.29, 0.717) is 29.7 Å².